The van der Waals surface area contributed by atoms with Gasteiger partial charge in [0.25, 0.3) is 5.91 Å². The highest BCUT2D eigenvalue weighted by atomic mass is 16.3. The minimum absolute atomic E-state index is 0.00207. The number of nitrogens with zero attached hydrogens (tertiary/aromatic N) is 5. The summed E-state index contributed by atoms with van der Waals surface area (Å²) in [4.78, 5) is 28.9. The second-order valence-electron chi connectivity index (χ2n) is 9.98. The molecule has 2 aliphatic heterocycles. The van der Waals surface area contributed by atoms with Crippen molar-refractivity contribution < 1.29 is 9.90 Å². The van der Waals surface area contributed by atoms with Gasteiger partial charge in [-0.3, -0.25) is 9.78 Å². The van der Waals surface area contributed by atoms with E-state index in [1.807, 2.05) is 25.1 Å². The molecule has 6 N–H and O–H groups in total. The summed E-state index contributed by atoms with van der Waals surface area (Å²) < 4.78 is 0. The van der Waals surface area contributed by atoms with Crippen molar-refractivity contribution >= 4 is 39.6 Å². The van der Waals surface area contributed by atoms with Crippen LogP contribution in [0.3, 0.4) is 0 Å². The van der Waals surface area contributed by atoms with E-state index in [1.165, 1.54) is 0 Å². The predicted molar refractivity (Wildman–Crippen MR) is 143 cm³/mol. The van der Waals surface area contributed by atoms with Crippen LogP contribution in [0.5, 0.6) is 0 Å². The monoisotopic (exact) mass is 490 g/mol. The van der Waals surface area contributed by atoms with Crippen LogP contribution in [0.4, 0.5) is 22.7 Å². The van der Waals surface area contributed by atoms with Crippen LogP contribution in [0.15, 0.2) is 42.7 Å². The summed E-state index contributed by atoms with van der Waals surface area (Å²) in [6.45, 7) is 6.97. The van der Waals surface area contributed by atoms with Crippen LogP contribution < -0.4 is 26.6 Å². The van der Waals surface area contributed by atoms with E-state index in [-0.39, 0.29) is 17.7 Å². The van der Waals surface area contributed by atoms with Gasteiger partial charge in [0.1, 0.15) is 0 Å². The Kier molecular flexibility index (Phi) is 6.65. The number of nitrogens with two attached hydrogens (primary N) is 2. The molecule has 3 atom stereocenters. The van der Waals surface area contributed by atoms with Gasteiger partial charge >= 0.3 is 0 Å². The van der Waals surface area contributed by atoms with Crippen LogP contribution in [0.1, 0.15) is 17.4 Å². The molecule has 1 aromatic carbocycles. The molecule has 0 radical (unpaired) electrons. The Labute approximate surface area is 210 Å². The quantitative estimate of drug-likeness (QED) is 0.427. The van der Waals surface area contributed by atoms with Crippen LogP contribution in [0, 0.1) is 5.92 Å². The largest absolute Gasteiger partial charge is 0.397 e. The van der Waals surface area contributed by atoms with Crippen LogP contribution >= 0.6 is 0 Å². The minimum atomic E-state index is -0.557. The average Bonchev–Trinajstić information content (AvgIpc) is 2.87. The maximum atomic E-state index is 13.3. The SMILES string of the molecule is CC1CN(c2ccncc2NC(=O)c2nc3cc(N4CCN(C)CC4)ccc3cc2N)CC(N)C1O. The molecule has 10 nitrogen and oxygen atoms in total. The zero-order valence-corrected chi connectivity index (χ0v) is 20.8. The lowest BCUT2D eigenvalue weighted by Crippen LogP contribution is -2.55. The number of aliphatic hydroxyl groups is 1. The fraction of sp³-hybridized carbons (Fsp3) is 0.423. The summed E-state index contributed by atoms with van der Waals surface area (Å²) >= 11 is 0. The van der Waals surface area contributed by atoms with Crippen LogP contribution in [0.2, 0.25) is 0 Å². The van der Waals surface area contributed by atoms with Crippen molar-refractivity contribution in [1.82, 2.24) is 14.9 Å². The molecule has 190 valence electrons. The summed E-state index contributed by atoms with van der Waals surface area (Å²) in [7, 11) is 2.13. The normalized spacial score (nSPS) is 23.2. The first-order valence-electron chi connectivity index (χ1n) is 12.4. The Morgan fingerprint density at radius 2 is 1.89 bits per heavy atom. The summed E-state index contributed by atoms with van der Waals surface area (Å²) in [6, 6.07) is 9.36. The highest BCUT2D eigenvalue weighted by Gasteiger charge is 2.32. The van der Waals surface area contributed by atoms with E-state index in [2.05, 4.69) is 43.1 Å². The van der Waals surface area contributed by atoms with Gasteiger partial charge in [0, 0.05) is 68.5 Å². The van der Waals surface area contributed by atoms with E-state index in [0.29, 0.717) is 24.5 Å². The van der Waals surface area contributed by atoms with Crippen LogP contribution in [0.25, 0.3) is 10.9 Å². The number of anilines is 4. The molecule has 2 fully saturated rings. The number of rotatable bonds is 4. The number of pyridine rings is 2. The van der Waals surface area contributed by atoms with Crippen molar-refractivity contribution in [2.24, 2.45) is 11.7 Å². The number of hydrogen-bond donors (Lipinski definition) is 4. The summed E-state index contributed by atoms with van der Waals surface area (Å²) in [5, 5.41) is 14.1. The maximum absolute atomic E-state index is 13.3. The van der Waals surface area contributed by atoms with Crippen molar-refractivity contribution in [1.29, 1.82) is 0 Å². The number of nitrogens with one attached hydrogen (secondary N) is 1. The topological polar surface area (TPSA) is 137 Å². The van der Waals surface area contributed by atoms with Gasteiger partial charge < -0.3 is 36.6 Å². The number of amides is 1. The maximum Gasteiger partial charge on any atom is 0.276 e. The Hall–Kier alpha value is -3.47. The van der Waals surface area contributed by atoms with E-state index < -0.39 is 12.0 Å². The Balaban J connectivity index is 1.40. The van der Waals surface area contributed by atoms with E-state index in [4.69, 9.17) is 11.5 Å². The number of piperazine rings is 1. The Morgan fingerprint density at radius 1 is 1.11 bits per heavy atom. The standard InChI is InChI=1S/C26H34N8O2/c1-16-14-34(15-20(28)25(16)35)23-5-6-29-13-22(23)31-26(36)24-19(27)11-17-3-4-18(12-21(17)30-24)33-9-7-32(2)8-10-33/h3-6,11-13,16,20,25,35H,7-10,14-15,27-28H2,1-2H3,(H,31,36). The van der Waals surface area contributed by atoms with E-state index in [1.54, 1.807) is 18.5 Å². The first kappa shape index (κ1) is 24.2. The summed E-state index contributed by atoms with van der Waals surface area (Å²) in [6.07, 6.45) is 2.73. The zero-order valence-electron chi connectivity index (χ0n) is 20.8. The van der Waals surface area contributed by atoms with Gasteiger partial charge in [-0.25, -0.2) is 4.98 Å². The van der Waals surface area contributed by atoms with Gasteiger partial charge in [-0.1, -0.05) is 13.0 Å². The molecule has 3 unspecified atom stereocenters. The Morgan fingerprint density at radius 3 is 2.64 bits per heavy atom. The molecule has 36 heavy (non-hydrogen) atoms. The van der Waals surface area contributed by atoms with Gasteiger partial charge in [0.2, 0.25) is 0 Å². The lowest BCUT2D eigenvalue weighted by Gasteiger charge is -2.40. The molecule has 1 amide bonds. The molecule has 2 saturated heterocycles. The number of fused-ring (bicyclic) bond motifs is 1. The number of aromatic nitrogens is 2. The van der Waals surface area contributed by atoms with Gasteiger partial charge in [-0.2, -0.15) is 0 Å². The van der Waals surface area contributed by atoms with Gasteiger partial charge in [-0.05, 0) is 31.3 Å². The third-order valence-electron chi connectivity index (χ3n) is 7.26. The first-order valence-corrected chi connectivity index (χ1v) is 12.4. The first-order chi connectivity index (χ1) is 17.3. The molecule has 0 saturated carbocycles. The highest BCUT2D eigenvalue weighted by Crippen LogP contribution is 2.30. The number of benzene rings is 1. The molecule has 2 aliphatic rings. The van der Waals surface area contributed by atoms with Gasteiger partial charge in [0.15, 0.2) is 5.69 Å². The third-order valence-corrected chi connectivity index (χ3v) is 7.26. The van der Waals surface area contributed by atoms with Crippen molar-refractivity contribution in [2.45, 2.75) is 19.1 Å². The molecule has 0 spiro atoms. The number of aliphatic hydroxyl groups excluding tert-OH is 1. The molecular weight excluding hydrogens is 456 g/mol. The zero-order chi connectivity index (χ0) is 25.4. The molecule has 5 rings (SSSR count). The fourth-order valence-corrected chi connectivity index (χ4v) is 5.07. The Bertz CT molecular complexity index is 1250. The number of hydrogen-bond acceptors (Lipinski definition) is 9. The van der Waals surface area contributed by atoms with Gasteiger partial charge in [-0.15, -0.1) is 0 Å². The predicted octanol–water partition coefficient (Wildman–Crippen LogP) is 1.36. The average molecular weight is 491 g/mol. The molecule has 0 bridgehead atoms. The van der Waals surface area contributed by atoms with Crippen LogP contribution in [-0.2, 0) is 0 Å². The second kappa shape index (κ2) is 9.88. The van der Waals surface area contributed by atoms with Crippen LogP contribution in [-0.4, -0.2) is 84.3 Å². The highest BCUT2D eigenvalue weighted by molar-refractivity contribution is 6.09. The molecule has 10 heteroatoms. The smallest absolute Gasteiger partial charge is 0.276 e. The van der Waals surface area contributed by atoms with E-state index in [9.17, 15) is 9.90 Å². The second-order valence-corrected chi connectivity index (χ2v) is 9.98. The van der Waals surface area contributed by atoms with Crippen molar-refractivity contribution in [3.63, 3.8) is 0 Å². The fourth-order valence-electron chi connectivity index (χ4n) is 5.07. The number of nitrogen functional groups attached to an aromatic ring is 1. The summed E-state index contributed by atoms with van der Waals surface area (Å²) in [5.74, 6) is -0.402. The number of carbonyl (C=O) groups excluding carboxylic acids is 1. The number of carbonyl (C=O) groups is 1. The van der Waals surface area contributed by atoms with Crippen molar-refractivity contribution in [3.8, 4) is 0 Å². The molecule has 2 aromatic heterocycles. The molecule has 0 aliphatic carbocycles. The van der Waals surface area contributed by atoms with E-state index in [0.717, 1.165) is 48.5 Å². The lowest BCUT2D eigenvalue weighted by atomic mass is 9.92. The lowest BCUT2D eigenvalue weighted by molar-refractivity contribution is 0.0785. The molecule has 4 heterocycles. The number of likely N-dealkylation sites (N-methyl/N-ethyl adjacent to an activating group) is 1. The van der Waals surface area contributed by atoms with Crippen molar-refractivity contribution in [3.05, 3.63) is 48.4 Å². The van der Waals surface area contributed by atoms with E-state index >= 15 is 0 Å². The molecular formula is C26H34N8O2. The molecule has 3 aromatic rings. The minimum Gasteiger partial charge on any atom is -0.397 e. The number of piperidine rings is 1. The van der Waals surface area contributed by atoms with Gasteiger partial charge in [0.05, 0.1) is 34.9 Å². The van der Waals surface area contributed by atoms with Crippen molar-refractivity contribution in [2.75, 3.05) is 67.2 Å². The summed E-state index contributed by atoms with van der Waals surface area (Å²) in [5.41, 5.74) is 16.1. The third kappa shape index (κ3) is 4.79.